The van der Waals surface area contributed by atoms with Crippen molar-refractivity contribution in [3.05, 3.63) is 23.9 Å². The summed E-state index contributed by atoms with van der Waals surface area (Å²) < 4.78 is 5.78. The lowest BCUT2D eigenvalue weighted by atomic mass is 9.98. The van der Waals surface area contributed by atoms with Crippen LogP contribution in [0.3, 0.4) is 0 Å². The number of hydrogen-bond donors (Lipinski definition) is 2. The van der Waals surface area contributed by atoms with E-state index in [1.807, 2.05) is 0 Å². The summed E-state index contributed by atoms with van der Waals surface area (Å²) in [5, 5.41) is 5.78. The van der Waals surface area contributed by atoms with Gasteiger partial charge < -0.3 is 15.4 Å². The van der Waals surface area contributed by atoms with Crippen LogP contribution in [0.1, 0.15) is 42.5 Å². The molecule has 1 aromatic heterocycles. The fourth-order valence-electron chi connectivity index (χ4n) is 2.50. The molecule has 2 rings (SSSR count). The second kappa shape index (κ2) is 7.85. The second-order valence-corrected chi connectivity index (χ2v) is 5.04. The van der Waals surface area contributed by atoms with Gasteiger partial charge in [-0.3, -0.25) is 4.79 Å². The summed E-state index contributed by atoms with van der Waals surface area (Å²) in [6.07, 6.45) is 8.20. The van der Waals surface area contributed by atoms with Gasteiger partial charge in [0.05, 0.1) is 18.3 Å². The molecule has 20 heavy (non-hydrogen) atoms. The maximum absolute atomic E-state index is 12.0. The standard InChI is InChI=1S/C15H23N3O2/c1-16-14-13(8-5-9-17-14)15(19)18-10-11-20-12-6-3-2-4-7-12/h5,8-9,12H,2-4,6-7,10-11H2,1H3,(H,16,17)(H,18,19). The van der Waals surface area contributed by atoms with Gasteiger partial charge in [-0.15, -0.1) is 0 Å². The number of rotatable bonds is 6. The number of hydrogen-bond acceptors (Lipinski definition) is 4. The normalized spacial score (nSPS) is 15.8. The number of carbonyl (C=O) groups excluding carboxylic acids is 1. The number of ether oxygens (including phenoxy) is 1. The van der Waals surface area contributed by atoms with Crippen molar-refractivity contribution >= 4 is 11.7 Å². The summed E-state index contributed by atoms with van der Waals surface area (Å²) in [6, 6.07) is 3.52. The molecule has 1 amide bonds. The van der Waals surface area contributed by atoms with Crippen LogP contribution in [0.15, 0.2) is 18.3 Å². The number of pyridine rings is 1. The lowest BCUT2D eigenvalue weighted by molar-refractivity contribution is 0.0299. The highest BCUT2D eigenvalue weighted by molar-refractivity contribution is 5.98. The number of carbonyl (C=O) groups is 1. The molecule has 0 saturated heterocycles. The van der Waals surface area contributed by atoms with E-state index in [1.165, 1.54) is 19.3 Å². The Kier molecular flexibility index (Phi) is 5.80. The summed E-state index contributed by atoms with van der Waals surface area (Å²) >= 11 is 0. The highest BCUT2D eigenvalue weighted by Crippen LogP contribution is 2.19. The van der Waals surface area contributed by atoms with Crippen LogP contribution in [-0.4, -0.2) is 37.2 Å². The van der Waals surface area contributed by atoms with Gasteiger partial charge in [-0.25, -0.2) is 4.98 Å². The molecule has 5 nitrogen and oxygen atoms in total. The lowest BCUT2D eigenvalue weighted by Crippen LogP contribution is -2.30. The molecule has 1 aliphatic carbocycles. The monoisotopic (exact) mass is 277 g/mol. The van der Waals surface area contributed by atoms with Crippen molar-refractivity contribution in [2.75, 3.05) is 25.5 Å². The van der Waals surface area contributed by atoms with Crippen LogP contribution in [0.4, 0.5) is 5.82 Å². The minimum absolute atomic E-state index is 0.116. The predicted molar refractivity (Wildman–Crippen MR) is 78.9 cm³/mol. The van der Waals surface area contributed by atoms with Crippen LogP contribution in [0.2, 0.25) is 0 Å². The van der Waals surface area contributed by atoms with Gasteiger partial charge in [0, 0.05) is 19.8 Å². The van der Waals surface area contributed by atoms with Crippen LogP contribution in [-0.2, 0) is 4.74 Å². The molecule has 5 heteroatoms. The van der Waals surface area contributed by atoms with Gasteiger partial charge >= 0.3 is 0 Å². The maximum atomic E-state index is 12.0. The number of anilines is 1. The van der Waals surface area contributed by atoms with E-state index in [-0.39, 0.29) is 5.91 Å². The van der Waals surface area contributed by atoms with E-state index in [4.69, 9.17) is 4.74 Å². The van der Waals surface area contributed by atoms with Crippen LogP contribution in [0.25, 0.3) is 0 Å². The summed E-state index contributed by atoms with van der Waals surface area (Å²) in [4.78, 5) is 16.1. The van der Waals surface area contributed by atoms with Crippen molar-refractivity contribution in [1.29, 1.82) is 0 Å². The molecule has 0 aromatic carbocycles. The van der Waals surface area contributed by atoms with E-state index >= 15 is 0 Å². The third-order valence-corrected chi connectivity index (χ3v) is 3.58. The second-order valence-electron chi connectivity index (χ2n) is 5.04. The van der Waals surface area contributed by atoms with E-state index in [9.17, 15) is 4.79 Å². The molecule has 1 fully saturated rings. The van der Waals surface area contributed by atoms with Crippen LogP contribution >= 0.6 is 0 Å². The number of nitrogens with one attached hydrogen (secondary N) is 2. The van der Waals surface area contributed by atoms with Crippen molar-refractivity contribution in [3.8, 4) is 0 Å². The minimum Gasteiger partial charge on any atom is -0.376 e. The SMILES string of the molecule is CNc1ncccc1C(=O)NCCOC1CCCCC1. The molecule has 0 spiro atoms. The highest BCUT2D eigenvalue weighted by Gasteiger charge is 2.14. The Morgan fingerprint density at radius 1 is 1.40 bits per heavy atom. The van der Waals surface area contributed by atoms with Gasteiger partial charge in [0.25, 0.3) is 5.91 Å². The van der Waals surface area contributed by atoms with Crippen LogP contribution < -0.4 is 10.6 Å². The average molecular weight is 277 g/mol. The van der Waals surface area contributed by atoms with E-state index in [0.717, 1.165) is 12.8 Å². The van der Waals surface area contributed by atoms with Crippen molar-refractivity contribution < 1.29 is 9.53 Å². The Hall–Kier alpha value is -1.62. The summed E-state index contributed by atoms with van der Waals surface area (Å²) in [5.41, 5.74) is 0.563. The predicted octanol–water partition coefficient (Wildman–Crippen LogP) is 2.20. The molecule has 0 aliphatic heterocycles. The fourth-order valence-corrected chi connectivity index (χ4v) is 2.50. The molecule has 0 bridgehead atoms. The van der Waals surface area contributed by atoms with E-state index in [2.05, 4.69) is 15.6 Å². The third-order valence-electron chi connectivity index (χ3n) is 3.58. The highest BCUT2D eigenvalue weighted by atomic mass is 16.5. The Labute approximate surface area is 120 Å². The van der Waals surface area contributed by atoms with Gasteiger partial charge in [0.2, 0.25) is 0 Å². The van der Waals surface area contributed by atoms with Crippen molar-refractivity contribution in [2.24, 2.45) is 0 Å². The summed E-state index contributed by atoms with van der Waals surface area (Å²) in [7, 11) is 1.76. The van der Waals surface area contributed by atoms with Gasteiger partial charge in [-0.2, -0.15) is 0 Å². The first-order valence-corrected chi connectivity index (χ1v) is 7.34. The molecule has 0 radical (unpaired) electrons. The molecule has 1 heterocycles. The topological polar surface area (TPSA) is 63.2 Å². The van der Waals surface area contributed by atoms with Gasteiger partial charge in [-0.1, -0.05) is 19.3 Å². The molecule has 1 aromatic rings. The van der Waals surface area contributed by atoms with Crippen molar-refractivity contribution in [3.63, 3.8) is 0 Å². The van der Waals surface area contributed by atoms with E-state index < -0.39 is 0 Å². The summed E-state index contributed by atoms with van der Waals surface area (Å²) in [5.74, 6) is 0.480. The third kappa shape index (κ3) is 4.20. The molecule has 2 N–H and O–H groups in total. The Balaban J connectivity index is 1.72. The molecule has 110 valence electrons. The smallest absolute Gasteiger partial charge is 0.255 e. The Morgan fingerprint density at radius 2 is 2.20 bits per heavy atom. The Bertz CT molecular complexity index is 431. The molecule has 1 saturated carbocycles. The van der Waals surface area contributed by atoms with Gasteiger partial charge in [-0.05, 0) is 25.0 Å². The maximum Gasteiger partial charge on any atom is 0.255 e. The first-order valence-electron chi connectivity index (χ1n) is 7.34. The summed E-state index contributed by atoms with van der Waals surface area (Å²) in [6.45, 7) is 1.11. The first-order chi connectivity index (χ1) is 9.81. The number of aromatic nitrogens is 1. The fraction of sp³-hybridized carbons (Fsp3) is 0.600. The molecule has 0 unspecified atom stereocenters. The quantitative estimate of drug-likeness (QED) is 0.783. The zero-order valence-corrected chi connectivity index (χ0v) is 12.0. The van der Waals surface area contributed by atoms with E-state index in [0.29, 0.717) is 30.6 Å². The molecular formula is C15H23N3O2. The minimum atomic E-state index is -0.116. The molecule has 1 aliphatic rings. The molecular weight excluding hydrogens is 254 g/mol. The first kappa shape index (κ1) is 14.8. The van der Waals surface area contributed by atoms with Crippen LogP contribution in [0.5, 0.6) is 0 Å². The van der Waals surface area contributed by atoms with Gasteiger partial charge in [0.1, 0.15) is 5.82 Å². The van der Waals surface area contributed by atoms with Crippen molar-refractivity contribution in [2.45, 2.75) is 38.2 Å². The van der Waals surface area contributed by atoms with E-state index in [1.54, 1.807) is 25.4 Å². The molecule has 0 atom stereocenters. The lowest BCUT2D eigenvalue weighted by Gasteiger charge is -2.22. The number of amides is 1. The largest absolute Gasteiger partial charge is 0.376 e. The van der Waals surface area contributed by atoms with Crippen LogP contribution in [0, 0.1) is 0 Å². The van der Waals surface area contributed by atoms with Crippen molar-refractivity contribution in [1.82, 2.24) is 10.3 Å². The zero-order chi connectivity index (χ0) is 14.2. The Morgan fingerprint density at radius 3 is 2.95 bits per heavy atom. The average Bonchev–Trinajstić information content (AvgIpc) is 2.52. The zero-order valence-electron chi connectivity index (χ0n) is 12.0. The number of nitrogens with zero attached hydrogens (tertiary/aromatic N) is 1. The van der Waals surface area contributed by atoms with Gasteiger partial charge in [0.15, 0.2) is 0 Å².